The molecular formula is C13H21N3O2. The van der Waals surface area contributed by atoms with Crippen molar-refractivity contribution in [1.29, 1.82) is 0 Å². The minimum absolute atomic E-state index is 0.133. The summed E-state index contributed by atoms with van der Waals surface area (Å²) in [5.74, 6) is -0.133. The molecule has 1 fully saturated rings. The highest BCUT2D eigenvalue weighted by molar-refractivity contribution is 5.71. The number of carbonyl (C=O) groups excluding carboxylic acids is 1. The lowest BCUT2D eigenvalue weighted by Gasteiger charge is -2.16. The van der Waals surface area contributed by atoms with Crippen molar-refractivity contribution in [3.63, 3.8) is 0 Å². The van der Waals surface area contributed by atoms with E-state index in [1.165, 1.54) is 5.69 Å². The molecule has 1 aliphatic rings. The Morgan fingerprint density at radius 1 is 1.56 bits per heavy atom. The molecular weight excluding hydrogens is 230 g/mol. The molecule has 5 nitrogen and oxygen atoms in total. The maximum absolute atomic E-state index is 11.4. The first-order valence-corrected chi connectivity index (χ1v) is 6.51. The number of rotatable bonds is 4. The molecule has 1 unspecified atom stereocenters. The van der Waals surface area contributed by atoms with E-state index in [2.05, 4.69) is 27.7 Å². The van der Waals surface area contributed by atoms with E-state index in [0.717, 1.165) is 25.2 Å². The summed E-state index contributed by atoms with van der Waals surface area (Å²) in [5, 5.41) is 4.52. The molecule has 0 radical (unpaired) electrons. The van der Waals surface area contributed by atoms with Gasteiger partial charge in [-0.1, -0.05) is 0 Å². The van der Waals surface area contributed by atoms with Crippen LogP contribution in [0.3, 0.4) is 0 Å². The van der Waals surface area contributed by atoms with Gasteiger partial charge in [0, 0.05) is 18.8 Å². The zero-order valence-corrected chi connectivity index (χ0v) is 11.3. The van der Waals surface area contributed by atoms with Crippen molar-refractivity contribution in [3.05, 3.63) is 17.5 Å². The molecule has 0 saturated carbocycles. The van der Waals surface area contributed by atoms with Gasteiger partial charge in [-0.05, 0) is 33.3 Å². The van der Waals surface area contributed by atoms with Crippen LogP contribution in [0.15, 0.2) is 6.07 Å². The van der Waals surface area contributed by atoms with E-state index in [1.807, 2.05) is 13.8 Å². The average molecular weight is 251 g/mol. The SMILES string of the molecule is CCOC(=O)CN1CCC(n2nc(C)cc2C)C1. The van der Waals surface area contributed by atoms with Crippen molar-refractivity contribution in [1.82, 2.24) is 14.7 Å². The van der Waals surface area contributed by atoms with Crippen LogP contribution in [0, 0.1) is 13.8 Å². The number of aryl methyl sites for hydroxylation is 2. The molecule has 0 aliphatic carbocycles. The third kappa shape index (κ3) is 2.90. The van der Waals surface area contributed by atoms with E-state index in [9.17, 15) is 4.79 Å². The van der Waals surface area contributed by atoms with Gasteiger partial charge in [0.1, 0.15) is 0 Å². The molecule has 0 amide bonds. The van der Waals surface area contributed by atoms with Crippen LogP contribution >= 0.6 is 0 Å². The summed E-state index contributed by atoms with van der Waals surface area (Å²) in [6, 6.07) is 2.47. The summed E-state index contributed by atoms with van der Waals surface area (Å²) >= 11 is 0. The smallest absolute Gasteiger partial charge is 0.320 e. The second-order valence-electron chi connectivity index (χ2n) is 4.85. The first-order valence-electron chi connectivity index (χ1n) is 6.51. The summed E-state index contributed by atoms with van der Waals surface area (Å²) < 4.78 is 7.05. The van der Waals surface area contributed by atoms with Gasteiger partial charge in [-0.15, -0.1) is 0 Å². The number of esters is 1. The Labute approximate surface area is 108 Å². The van der Waals surface area contributed by atoms with Crippen molar-refractivity contribution in [2.45, 2.75) is 33.2 Å². The highest BCUT2D eigenvalue weighted by Crippen LogP contribution is 2.22. The second-order valence-corrected chi connectivity index (χ2v) is 4.85. The van der Waals surface area contributed by atoms with Gasteiger partial charge in [-0.25, -0.2) is 0 Å². The Hall–Kier alpha value is -1.36. The summed E-state index contributed by atoms with van der Waals surface area (Å²) in [6.45, 7) is 8.57. The van der Waals surface area contributed by atoms with Crippen LogP contribution in [-0.2, 0) is 9.53 Å². The van der Waals surface area contributed by atoms with Crippen LogP contribution in [0.1, 0.15) is 30.8 Å². The van der Waals surface area contributed by atoms with Crippen LogP contribution in [-0.4, -0.2) is 46.9 Å². The van der Waals surface area contributed by atoms with Crippen molar-refractivity contribution in [2.24, 2.45) is 0 Å². The van der Waals surface area contributed by atoms with Crippen molar-refractivity contribution in [3.8, 4) is 0 Å². The normalized spacial score (nSPS) is 20.3. The minimum atomic E-state index is -0.133. The number of carbonyl (C=O) groups is 1. The predicted octanol–water partition coefficient (Wildman–Crippen LogP) is 1.31. The van der Waals surface area contributed by atoms with Gasteiger partial charge in [0.15, 0.2) is 0 Å². The van der Waals surface area contributed by atoms with Gasteiger partial charge in [0.25, 0.3) is 0 Å². The summed E-state index contributed by atoms with van der Waals surface area (Å²) in [5.41, 5.74) is 2.24. The Morgan fingerprint density at radius 2 is 2.33 bits per heavy atom. The first-order chi connectivity index (χ1) is 8.60. The van der Waals surface area contributed by atoms with E-state index in [1.54, 1.807) is 0 Å². The number of likely N-dealkylation sites (tertiary alicyclic amines) is 1. The number of aromatic nitrogens is 2. The largest absolute Gasteiger partial charge is 0.465 e. The van der Waals surface area contributed by atoms with E-state index >= 15 is 0 Å². The van der Waals surface area contributed by atoms with Crippen LogP contribution in [0.4, 0.5) is 0 Å². The lowest BCUT2D eigenvalue weighted by atomic mass is 10.2. The van der Waals surface area contributed by atoms with Crippen molar-refractivity contribution < 1.29 is 9.53 Å². The number of hydrogen-bond donors (Lipinski definition) is 0. The molecule has 100 valence electrons. The molecule has 1 aromatic rings. The average Bonchev–Trinajstić information content (AvgIpc) is 2.85. The fraction of sp³-hybridized carbons (Fsp3) is 0.692. The maximum atomic E-state index is 11.4. The molecule has 0 bridgehead atoms. The van der Waals surface area contributed by atoms with Crippen LogP contribution < -0.4 is 0 Å². The molecule has 0 N–H and O–H groups in total. The third-order valence-electron chi connectivity index (χ3n) is 3.30. The maximum Gasteiger partial charge on any atom is 0.320 e. The molecule has 1 aliphatic heterocycles. The number of hydrogen-bond acceptors (Lipinski definition) is 4. The van der Waals surface area contributed by atoms with Crippen molar-refractivity contribution in [2.75, 3.05) is 26.2 Å². The highest BCUT2D eigenvalue weighted by Gasteiger charge is 2.26. The van der Waals surface area contributed by atoms with Crippen LogP contribution in [0.5, 0.6) is 0 Å². The van der Waals surface area contributed by atoms with E-state index < -0.39 is 0 Å². The van der Waals surface area contributed by atoms with Gasteiger partial charge in [-0.3, -0.25) is 14.4 Å². The molecule has 0 aromatic carbocycles. The summed E-state index contributed by atoms with van der Waals surface area (Å²) in [4.78, 5) is 13.6. The topological polar surface area (TPSA) is 47.4 Å². The molecule has 1 atom stereocenters. The second kappa shape index (κ2) is 5.52. The molecule has 2 heterocycles. The van der Waals surface area contributed by atoms with E-state index in [-0.39, 0.29) is 5.97 Å². The molecule has 2 rings (SSSR count). The fourth-order valence-electron chi connectivity index (χ4n) is 2.56. The Kier molecular flexibility index (Phi) is 4.01. The summed E-state index contributed by atoms with van der Waals surface area (Å²) in [6.07, 6.45) is 1.04. The molecule has 1 saturated heterocycles. The number of ether oxygens (including phenoxy) is 1. The highest BCUT2D eigenvalue weighted by atomic mass is 16.5. The Morgan fingerprint density at radius 3 is 2.94 bits per heavy atom. The van der Waals surface area contributed by atoms with Gasteiger partial charge in [0.2, 0.25) is 0 Å². The monoisotopic (exact) mass is 251 g/mol. The molecule has 0 spiro atoms. The Balaban J connectivity index is 1.92. The fourth-order valence-corrected chi connectivity index (χ4v) is 2.56. The van der Waals surface area contributed by atoms with Gasteiger partial charge >= 0.3 is 5.97 Å². The quantitative estimate of drug-likeness (QED) is 0.757. The Bertz CT molecular complexity index is 428. The zero-order valence-electron chi connectivity index (χ0n) is 11.3. The van der Waals surface area contributed by atoms with Crippen LogP contribution in [0.2, 0.25) is 0 Å². The molecule has 5 heteroatoms. The van der Waals surface area contributed by atoms with E-state index in [4.69, 9.17) is 4.74 Å². The van der Waals surface area contributed by atoms with Gasteiger partial charge in [-0.2, -0.15) is 5.10 Å². The lowest BCUT2D eigenvalue weighted by molar-refractivity contribution is -0.144. The van der Waals surface area contributed by atoms with Gasteiger partial charge in [0.05, 0.1) is 24.9 Å². The first kappa shape index (κ1) is 13.1. The zero-order chi connectivity index (χ0) is 13.1. The standard InChI is InChI=1S/C13H21N3O2/c1-4-18-13(17)9-15-6-5-12(8-15)16-11(3)7-10(2)14-16/h7,12H,4-6,8-9H2,1-3H3. The minimum Gasteiger partial charge on any atom is -0.465 e. The summed E-state index contributed by atoms with van der Waals surface area (Å²) in [7, 11) is 0. The molecule has 1 aromatic heterocycles. The molecule has 18 heavy (non-hydrogen) atoms. The van der Waals surface area contributed by atoms with Crippen molar-refractivity contribution >= 4 is 5.97 Å². The number of nitrogens with zero attached hydrogens (tertiary/aromatic N) is 3. The third-order valence-corrected chi connectivity index (χ3v) is 3.30. The lowest BCUT2D eigenvalue weighted by Crippen LogP contribution is -2.29. The van der Waals surface area contributed by atoms with Crippen LogP contribution in [0.25, 0.3) is 0 Å². The van der Waals surface area contributed by atoms with E-state index in [0.29, 0.717) is 19.2 Å². The predicted molar refractivity (Wildman–Crippen MR) is 68.4 cm³/mol. The van der Waals surface area contributed by atoms with Gasteiger partial charge < -0.3 is 4.74 Å².